The van der Waals surface area contributed by atoms with E-state index in [0.717, 1.165) is 5.92 Å². The molecule has 0 fully saturated rings. The predicted molar refractivity (Wildman–Crippen MR) is 64.5 cm³/mol. The Morgan fingerprint density at radius 3 is 3.00 bits per heavy atom. The molecule has 0 saturated carbocycles. The molecule has 3 rings (SSSR count). The lowest BCUT2D eigenvalue weighted by atomic mass is 9.71. The molecule has 0 radical (unpaired) electrons. The summed E-state index contributed by atoms with van der Waals surface area (Å²) < 4.78 is 0. The van der Waals surface area contributed by atoms with Crippen molar-refractivity contribution in [3.05, 3.63) is 47.1 Å². The number of hydrogen-bond donors (Lipinski definition) is 0. The number of hydrogen-bond acceptors (Lipinski definition) is 0. The standard InChI is InChI=1S/C15H18/c1-11-6-7-14-12(9-11)10-13-5-3-4-8-15(13,14)2/h3-5,8-9,13H,6-7,10H2,1-2H3. The van der Waals surface area contributed by atoms with Crippen LogP contribution in [0.1, 0.15) is 33.1 Å². The van der Waals surface area contributed by atoms with Crippen LogP contribution in [-0.2, 0) is 0 Å². The summed E-state index contributed by atoms with van der Waals surface area (Å²) in [6.45, 7) is 4.67. The first-order valence-corrected chi connectivity index (χ1v) is 5.96. The SMILES string of the molecule is CC1=CC2=C(CC1)C1(C)C=CC=CC1C2. The molecule has 0 nitrogen and oxygen atoms in total. The molecule has 3 aliphatic rings. The molecule has 2 atom stereocenters. The lowest BCUT2D eigenvalue weighted by molar-refractivity contribution is 0.390. The molecule has 0 bridgehead atoms. The molecule has 15 heavy (non-hydrogen) atoms. The highest BCUT2D eigenvalue weighted by atomic mass is 14.5. The zero-order chi connectivity index (χ0) is 10.5. The van der Waals surface area contributed by atoms with Gasteiger partial charge in [-0.1, -0.05) is 48.5 Å². The van der Waals surface area contributed by atoms with E-state index in [9.17, 15) is 0 Å². The maximum Gasteiger partial charge on any atom is 0.0137 e. The molecule has 0 aromatic rings. The van der Waals surface area contributed by atoms with Gasteiger partial charge in [0, 0.05) is 5.41 Å². The minimum Gasteiger partial charge on any atom is -0.0799 e. The van der Waals surface area contributed by atoms with Gasteiger partial charge in [-0.25, -0.2) is 0 Å². The van der Waals surface area contributed by atoms with Crippen LogP contribution in [0, 0.1) is 11.3 Å². The van der Waals surface area contributed by atoms with Crippen molar-refractivity contribution < 1.29 is 0 Å². The van der Waals surface area contributed by atoms with Crippen molar-refractivity contribution in [2.75, 3.05) is 0 Å². The third-order valence-electron chi connectivity index (χ3n) is 4.33. The Hall–Kier alpha value is -1.04. The number of allylic oxidation sites excluding steroid dienone is 8. The highest BCUT2D eigenvalue weighted by Gasteiger charge is 2.42. The average molecular weight is 198 g/mol. The molecule has 0 aromatic heterocycles. The zero-order valence-corrected chi connectivity index (χ0v) is 9.59. The summed E-state index contributed by atoms with van der Waals surface area (Å²) in [7, 11) is 0. The molecule has 0 aliphatic heterocycles. The van der Waals surface area contributed by atoms with Crippen molar-refractivity contribution in [3.8, 4) is 0 Å². The Morgan fingerprint density at radius 2 is 2.13 bits per heavy atom. The van der Waals surface area contributed by atoms with Crippen molar-refractivity contribution in [1.29, 1.82) is 0 Å². The quantitative estimate of drug-likeness (QED) is 0.548. The summed E-state index contributed by atoms with van der Waals surface area (Å²) in [5.74, 6) is 0.717. The molecule has 78 valence electrons. The lowest BCUT2D eigenvalue weighted by Gasteiger charge is -2.32. The highest BCUT2D eigenvalue weighted by Crippen LogP contribution is 2.54. The highest BCUT2D eigenvalue weighted by molar-refractivity contribution is 5.47. The van der Waals surface area contributed by atoms with Gasteiger partial charge in [0.05, 0.1) is 0 Å². The van der Waals surface area contributed by atoms with Gasteiger partial charge in [-0.05, 0) is 37.7 Å². The van der Waals surface area contributed by atoms with E-state index < -0.39 is 0 Å². The van der Waals surface area contributed by atoms with Crippen LogP contribution in [0.15, 0.2) is 47.1 Å². The van der Waals surface area contributed by atoms with Gasteiger partial charge in [-0.2, -0.15) is 0 Å². The molecule has 0 heterocycles. The average Bonchev–Trinajstić information content (AvgIpc) is 2.49. The smallest absolute Gasteiger partial charge is 0.0137 e. The summed E-state index contributed by atoms with van der Waals surface area (Å²) >= 11 is 0. The van der Waals surface area contributed by atoms with Gasteiger partial charge >= 0.3 is 0 Å². The number of fused-ring (bicyclic) bond motifs is 2. The third kappa shape index (κ3) is 1.20. The van der Waals surface area contributed by atoms with Gasteiger partial charge in [0.1, 0.15) is 0 Å². The van der Waals surface area contributed by atoms with E-state index in [2.05, 4.69) is 44.2 Å². The molecule has 0 saturated heterocycles. The topological polar surface area (TPSA) is 0 Å². The van der Waals surface area contributed by atoms with Gasteiger partial charge in [-0.3, -0.25) is 0 Å². The van der Waals surface area contributed by atoms with Crippen LogP contribution in [-0.4, -0.2) is 0 Å². The van der Waals surface area contributed by atoms with E-state index >= 15 is 0 Å². The third-order valence-corrected chi connectivity index (χ3v) is 4.33. The van der Waals surface area contributed by atoms with Crippen LogP contribution in [0.4, 0.5) is 0 Å². The van der Waals surface area contributed by atoms with Crippen molar-refractivity contribution >= 4 is 0 Å². The van der Waals surface area contributed by atoms with Crippen molar-refractivity contribution in [2.24, 2.45) is 11.3 Å². The van der Waals surface area contributed by atoms with Crippen LogP contribution in [0.5, 0.6) is 0 Å². The van der Waals surface area contributed by atoms with Gasteiger partial charge in [-0.15, -0.1) is 0 Å². The zero-order valence-electron chi connectivity index (χ0n) is 9.59. The molecule has 0 amide bonds. The fourth-order valence-electron chi connectivity index (χ4n) is 3.36. The Kier molecular flexibility index (Phi) is 1.83. The second kappa shape index (κ2) is 2.98. The van der Waals surface area contributed by atoms with Crippen molar-refractivity contribution in [2.45, 2.75) is 33.1 Å². The van der Waals surface area contributed by atoms with Gasteiger partial charge in [0.15, 0.2) is 0 Å². The largest absolute Gasteiger partial charge is 0.0799 e. The van der Waals surface area contributed by atoms with E-state index in [-0.39, 0.29) is 0 Å². The van der Waals surface area contributed by atoms with Crippen LogP contribution in [0.3, 0.4) is 0 Å². The maximum atomic E-state index is 2.43. The molecule has 0 spiro atoms. The molecule has 0 heteroatoms. The summed E-state index contributed by atoms with van der Waals surface area (Å²) in [6.07, 6.45) is 15.5. The first-order chi connectivity index (χ1) is 7.20. The fraction of sp³-hybridized carbons (Fsp3) is 0.467. The lowest BCUT2D eigenvalue weighted by Crippen LogP contribution is -2.23. The van der Waals surface area contributed by atoms with E-state index in [4.69, 9.17) is 0 Å². The Labute approximate surface area is 92.1 Å². The van der Waals surface area contributed by atoms with Crippen molar-refractivity contribution in [3.63, 3.8) is 0 Å². The second-order valence-electron chi connectivity index (χ2n) is 5.33. The summed E-state index contributed by atoms with van der Waals surface area (Å²) in [5, 5.41) is 0. The minimum absolute atomic E-state index is 0.335. The van der Waals surface area contributed by atoms with E-state index in [0.29, 0.717) is 5.41 Å². The van der Waals surface area contributed by atoms with Gasteiger partial charge in [0.2, 0.25) is 0 Å². The molecule has 0 aromatic carbocycles. The monoisotopic (exact) mass is 198 g/mol. The Morgan fingerprint density at radius 1 is 1.27 bits per heavy atom. The first-order valence-electron chi connectivity index (χ1n) is 5.96. The van der Waals surface area contributed by atoms with Crippen LogP contribution >= 0.6 is 0 Å². The molecular formula is C15H18. The summed E-state index contributed by atoms with van der Waals surface area (Å²) in [5.41, 5.74) is 5.23. The summed E-state index contributed by atoms with van der Waals surface area (Å²) in [4.78, 5) is 0. The Bertz CT molecular complexity index is 417. The summed E-state index contributed by atoms with van der Waals surface area (Å²) in [6, 6.07) is 0. The Balaban J connectivity index is 2.08. The minimum atomic E-state index is 0.335. The molecular weight excluding hydrogens is 180 g/mol. The molecule has 2 unspecified atom stereocenters. The fourth-order valence-corrected chi connectivity index (χ4v) is 3.36. The number of rotatable bonds is 0. The predicted octanol–water partition coefficient (Wildman–Crippen LogP) is 4.18. The van der Waals surface area contributed by atoms with E-state index in [1.165, 1.54) is 19.3 Å². The normalized spacial score (nSPS) is 37.7. The van der Waals surface area contributed by atoms with Gasteiger partial charge in [0.25, 0.3) is 0 Å². The van der Waals surface area contributed by atoms with Crippen LogP contribution in [0.25, 0.3) is 0 Å². The van der Waals surface area contributed by atoms with E-state index in [1.807, 2.05) is 0 Å². The molecule has 3 aliphatic carbocycles. The molecule has 0 N–H and O–H groups in total. The second-order valence-corrected chi connectivity index (χ2v) is 5.33. The van der Waals surface area contributed by atoms with Crippen LogP contribution < -0.4 is 0 Å². The van der Waals surface area contributed by atoms with Crippen LogP contribution in [0.2, 0.25) is 0 Å². The maximum absolute atomic E-state index is 2.43. The van der Waals surface area contributed by atoms with Crippen molar-refractivity contribution in [1.82, 2.24) is 0 Å². The first kappa shape index (κ1) is 9.21. The van der Waals surface area contributed by atoms with Gasteiger partial charge < -0.3 is 0 Å². The van der Waals surface area contributed by atoms with E-state index in [1.54, 1.807) is 16.7 Å².